The van der Waals surface area contributed by atoms with Crippen LogP contribution in [0.25, 0.3) is 0 Å². The van der Waals surface area contributed by atoms with Gasteiger partial charge in [0.2, 0.25) is 0 Å². The maximum absolute atomic E-state index is 12.1. The summed E-state index contributed by atoms with van der Waals surface area (Å²) in [4.78, 5) is 24.7. The average molecular weight is 266 g/mol. The van der Waals surface area contributed by atoms with Crippen LogP contribution >= 0.6 is 0 Å². The number of furan rings is 1. The van der Waals surface area contributed by atoms with Crippen molar-refractivity contribution >= 4 is 12.0 Å². The van der Waals surface area contributed by atoms with Gasteiger partial charge in [0.05, 0.1) is 12.8 Å². The van der Waals surface area contributed by atoms with Gasteiger partial charge in [0.25, 0.3) is 0 Å². The van der Waals surface area contributed by atoms with E-state index in [2.05, 4.69) is 5.32 Å². The van der Waals surface area contributed by atoms with Gasteiger partial charge in [-0.2, -0.15) is 0 Å². The Kier molecular flexibility index (Phi) is 4.09. The van der Waals surface area contributed by atoms with Crippen molar-refractivity contribution in [3.8, 4) is 0 Å². The first-order chi connectivity index (χ1) is 9.11. The van der Waals surface area contributed by atoms with Crippen LogP contribution in [-0.2, 0) is 11.3 Å². The normalized spacial score (nSPS) is 15.8. The summed E-state index contributed by atoms with van der Waals surface area (Å²) >= 11 is 0. The molecule has 0 saturated heterocycles. The van der Waals surface area contributed by atoms with Crippen molar-refractivity contribution in [3.63, 3.8) is 0 Å². The smallest absolute Gasteiger partial charge is 0.326 e. The number of carbonyl (C=O) groups is 2. The third kappa shape index (κ3) is 3.49. The molecule has 6 nitrogen and oxygen atoms in total. The van der Waals surface area contributed by atoms with Crippen LogP contribution in [0, 0.1) is 5.92 Å². The Balaban J connectivity index is 1.94. The molecule has 1 aliphatic carbocycles. The average Bonchev–Trinajstić information content (AvgIpc) is 3.09. The summed E-state index contributed by atoms with van der Waals surface area (Å²) in [7, 11) is 0. The number of hydrogen-bond donors (Lipinski definition) is 2. The number of amides is 2. The van der Waals surface area contributed by atoms with E-state index in [0.717, 1.165) is 12.8 Å². The molecular weight excluding hydrogens is 248 g/mol. The Labute approximate surface area is 111 Å². The summed E-state index contributed by atoms with van der Waals surface area (Å²) in [5, 5.41) is 11.7. The molecule has 2 rings (SSSR count). The predicted molar refractivity (Wildman–Crippen MR) is 67.5 cm³/mol. The molecule has 2 amide bonds. The highest BCUT2D eigenvalue weighted by molar-refractivity contribution is 5.83. The monoisotopic (exact) mass is 266 g/mol. The quantitative estimate of drug-likeness (QED) is 0.820. The summed E-state index contributed by atoms with van der Waals surface area (Å²) in [5.74, 6) is -0.219. The van der Waals surface area contributed by atoms with Gasteiger partial charge in [-0.3, -0.25) is 0 Å². The molecule has 19 heavy (non-hydrogen) atoms. The van der Waals surface area contributed by atoms with Crippen molar-refractivity contribution in [3.05, 3.63) is 24.2 Å². The van der Waals surface area contributed by atoms with Gasteiger partial charge >= 0.3 is 12.0 Å². The molecule has 0 radical (unpaired) electrons. The fourth-order valence-electron chi connectivity index (χ4n) is 1.95. The van der Waals surface area contributed by atoms with Gasteiger partial charge in [0, 0.05) is 6.54 Å². The zero-order valence-corrected chi connectivity index (χ0v) is 10.8. The van der Waals surface area contributed by atoms with Crippen LogP contribution in [0.15, 0.2) is 22.8 Å². The highest BCUT2D eigenvalue weighted by Crippen LogP contribution is 2.32. The SMILES string of the molecule is CCN(Cc1ccco1)C(=O)NC(C(=O)O)C1CC1. The molecule has 2 N–H and O–H groups in total. The molecule has 6 heteroatoms. The van der Waals surface area contributed by atoms with E-state index in [1.54, 1.807) is 18.4 Å². The van der Waals surface area contributed by atoms with Crippen molar-refractivity contribution in [1.82, 2.24) is 10.2 Å². The van der Waals surface area contributed by atoms with Gasteiger partial charge in [-0.05, 0) is 37.8 Å². The third-order valence-electron chi connectivity index (χ3n) is 3.23. The molecule has 0 bridgehead atoms. The number of carbonyl (C=O) groups excluding carboxylic acids is 1. The van der Waals surface area contributed by atoms with Crippen LogP contribution in [-0.4, -0.2) is 34.6 Å². The molecule has 0 aliphatic heterocycles. The minimum absolute atomic E-state index is 0.0729. The molecule has 1 fully saturated rings. The second kappa shape index (κ2) is 5.77. The zero-order chi connectivity index (χ0) is 13.8. The van der Waals surface area contributed by atoms with E-state index in [0.29, 0.717) is 18.8 Å². The number of urea groups is 1. The molecule has 1 atom stereocenters. The number of carboxylic acids is 1. The van der Waals surface area contributed by atoms with Crippen LogP contribution in [0.3, 0.4) is 0 Å². The summed E-state index contributed by atoms with van der Waals surface area (Å²) in [6.07, 6.45) is 3.27. The van der Waals surface area contributed by atoms with Crippen molar-refractivity contribution in [2.75, 3.05) is 6.54 Å². The van der Waals surface area contributed by atoms with Crippen LogP contribution < -0.4 is 5.32 Å². The minimum Gasteiger partial charge on any atom is -0.480 e. The molecule has 1 aliphatic rings. The molecular formula is C13H18N2O4. The molecule has 104 valence electrons. The lowest BCUT2D eigenvalue weighted by molar-refractivity contribution is -0.139. The number of rotatable bonds is 6. The standard InChI is InChI=1S/C13H18N2O4/c1-2-15(8-10-4-3-7-19-10)13(18)14-11(12(16)17)9-5-6-9/h3-4,7,9,11H,2,5-6,8H2,1H3,(H,14,18)(H,16,17). The van der Waals surface area contributed by atoms with Crippen LogP contribution in [0.5, 0.6) is 0 Å². The van der Waals surface area contributed by atoms with E-state index < -0.39 is 12.0 Å². The van der Waals surface area contributed by atoms with Gasteiger partial charge in [-0.25, -0.2) is 9.59 Å². The highest BCUT2D eigenvalue weighted by atomic mass is 16.4. The Morgan fingerprint density at radius 1 is 1.58 bits per heavy atom. The van der Waals surface area contributed by atoms with Crippen molar-refractivity contribution in [1.29, 1.82) is 0 Å². The minimum atomic E-state index is -0.968. The maximum atomic E-state index is 12.1. The molecule has 0 spiro atoms. The van der Waals surface area contributed by atoms with Crippen molar-refractivity contribution in [2.45, 2.75) is 32.4 Å². The number of hydrogen-bond acceptors (Lipinski definition) is 3. The second-order valence-corrected chi connectivity index (χ2v) is 4.70. The van der Waals surface area contributed by atoms with E-state index in [4.69, 9.17) is 9.52 Å². The van der Waals surface area contributed by atoms with Gasteiger partial charge in [-0.1, -0.05) is 0 Å². The van der Waals surface area contributed by atoms with Gasteiger partial charge in [-0.15, -0.1) is 0 Å². The lowest BCUT2D eigenvalue weighted by Gasteiger charge is -2.23. The lowest BCUT2D eigenvalue weighted by Crippen LogP contribution is -2.48. The maximum Gasteiger partial charge on any atom is 0.326 e. The van der Waals surface area contributed by atoms with Gasteiger partial charge in [0.1, 0.15) is 11.8 Å². The first-order valence-electron chi connectivity index (χ1n) is 6.42. The van der Waals surface area contributed by atoms with E-state index in [9.17, 15) is 9.59 Å². The van der Waals surface area contributed by atoms with E-state index >= 15 is 0 Å². The summed E-state index contributed by atoms with van der Waals surface area (Å²) < 4.78 is 5.19. The molecule has 1 unspecified atom stereocenters. The molecule has 1 aromatic rings. The molecule has 1 saturated carbocycles. The fraction of sp³-hybridized carbons (Fsp3) is 0.538. The van der Waals surface area contributed by atoms with Crippen LogP contribution in [0.2, 0.25) is 0 Å². The highest BCUT2D eigenvalue weighted by Gasteiger charge is 2.37. The van der Waals surface area contributed by atoms with E-state index in [-0.39, 0.29) is 11.9 Å². The number of nitrogens with one attached hydrogen (secondary N) is 1. The largest absolute Gasteiger partial charge is 0.480 e. The lowest BCUT2D eigenvalue weighted by atomic mass is 10.2. The van der Waals surface area contributed by atoms with E-state index in [1.807, 2.05) is 6.92 Å². The topological polar surface area (TPSA) is 82.8 Å². The van der Waals surface area contributed by atoms with Crippen molar-refractivity contribution < 1.29 is 19.1 Å². The number of carboxylic acid groups (broad SMARTS) is 1. The Morgan fingerprint density at radius 3 is 2.79 bits per heavy atom. The Morgan fingerprint density at radius 2 is 2.32 bits per heavy atom. The first-order valence-corrected chi connectivity index (χ1v) is 6.42. The van der Waals surface area contributed by atoms with Crippen LogP contribution in [0.4, 0.5) is 4.79 Å². The van der Waals surface area contributed by atoms with Gasteiger partial charge in [0.15, 0.2) is 0 Å². The zero-order valence-electron chi connectivity index (χ0n) is 10.8. The third-order valence-corrected chi connectivity index (χ3v) is 3.23. The van der Waals surface area contributed by atoms with E-state index in [1.165, 1.54) is 4.90 Å². The Bertz CT molecular complexity index is 440. The fourth-order valence-corrected chi connectivity index (χ4v) is 1.95. The Hall–Kier alpha value is -1.98. The number of aliphatic carboxylic acids is 1. The van der Waals surface area contributed by atoms with Crippen molar-refractivity contribution in [2.24, 2.45) is 5.92 Å². The molecule has 0 aromatic carbocycles. The summed E-state index contributed by atoms with van der Waals surface area (Å²) in [6, 6.07) is 2.40. The molecule has 1 heterocycles. The second-order valence-electron chi connectivity index (χ2n) is 4.70. The summed E-state index contributed by atoms with van der Waals surface area (Å²) in [5.41, 5.74) is 0. The molecule has 1 aromatic heterocycles. The van der Waals surface area contributed by atoms with Gasteiger partial charge < -0.3 is 19.7 Å². The predicted octanol–water partition coefficient (Wildman–Crippen LogP) is 1.67. The first kappa shape index (κ1) is 13.5. The summed E-state index contributed by atoms with van der Waals surface area (Å²) in [6.45, 7) is 2.67. The van der Waals surface area contributed by atoms with Crippen LogP contribution in [0.1, 0.15) is 25.5 Å². The number of nitrogens with zero attached hydrogens (tertiary/aromatic N) is 1.